The molecule has 27 heavy (non-hydrogen) atoms. The van der Waals surface area contributed by atoms with Crippen LogP contribution in [0.2, 0.25) is 0 Å². The fourth-order valence-electron chi connectivity index (χ4n) is 3.58. The predicted octanol–water partition coefficient (Wildman–Crippen LogP) is 3.53. The van der Waals surface area contributed by atoms with E-state index < -0.39 is 6.04 Å². The molecule has 0 bridgehead atoms. The van der Waals surface area contributed by atoms with Gasteiger partial charge in [0.15, 0.2) is 5.43 Å². The number of carbonyl (C=O) groups is 1. The van der Waals surface area contributed by atoms with Crippen LogP contribution in [-0.2, 0) is 6.54 Å². The lowest BCUT2D eigenvalue weighted by molar-refractivity contribution is 0.0701. The van der Waals surface area contributed by atoms with Gasteiger partial charge in [-0.1, -0.05) is 18.2 Å². The van der Waals surface area contributed by atoms with Gasteiger partial charge in [-0.3, -0.25) is 14.6 Å². The van der Waals surface area contributed by atoms with E-state index in [2.05, 4.69) is 4.98 Å². The first-order valence-corrected chi connectivity index (χ1v) is 8.53. The maximum atomic E-state index is 13.2. The monoisotopic (exact) mass is 358 g/mol. The lowest BCUT2D eigenvalue weighted by Gasteiger charge is -2.23. The van der Waals surface area contributed by atoms with E-state index in [1.807, 2.05) is 6.07 Å². The first-order chi connectivity index (χ1) is 13.2. The fourth-order valence-corrected chi connectivity index (χ4v) is 3.58. The summed E-state index contributed by atoms with van der Waals surface area (Å²) in [6.45, 7) is 0.228. The minimum Gasteiger partial charge on any atom is -0.467 e. The number of rotatable bonds is 3. The summed E-state index contributed by atoms with van der Waals surface area (Å²) in [6, 6.07) is 13.6. The third-order valence-corrected chi connectivity index (χ3v) is 4.78. The molecule has 0 saturated heterocycles. The first kappa shape index (κ1) is 15.6. The van der Waals surface area contributed by atoms with Crippen LogP contribution in [-0.4, -0.2) is 15.8 Å². The molecule has 1 atom stereocenters. The molecule has 0 unspecified atom stereocenters. The van der Waals surface area contributed by atoms with E-state index in [0.717, 1.165) is 5.56 Å². The Morgan fingerprint density at radius 1 is 1.04 bits per heavy atom. The summed E-state index contributed by atoms with van der Waals surface area (Å²) < 4.78 is 11.3. The van der Waals surface area contributed by atoms with Crippen molar-refractivity contribution in [3.05, 3.63) is 100 Å². The van der Waals surface area contributed by atoms with Gasteiger partial charge in [-0.25, -0.2) is 0 Å². The number of hydrogen-bond acceptors (Lipinski definition) is 5. The van der Waals surface area contributed by atoms with Crippen molar-refractivity contribution in [1.29, 1.82) is 0 Å². The largest absolute Gasteiger partial charge is 0.467 e. The summed E-state index contributed by atoms with van der Waals surface area (Å²) in [4.78, 5) is 32.1. The molecule has 3 aromatic heterocycles. The molecule has 1 aliphatic heterocycles. The van der Waals surface area contributed by atoms with Gasteiger partial charge in [-0.2, -0.15) is 0 Å². The number of amides is 1. The highest BCUT2D eigenvalue weighted by Crippen LogP contribution is 2.38. The molecule has 0 aliphatic carbocycles. The highest BCUT2D eigenvalue weighted by Gasteiger charge is 2.43. The van der Waals surface area contributed by atoms with E-state index in [-0.39, 0.29) is 23.6 Å². The molecule has 0 radical (unpaired) electrons. The van der Waals surface area contributed by atoms with Crippen molar-refractivity contribution >= 4 is 16.9 Å². The van der Waals surface area contributed by atoms with Gasteiger partial charge in [0.2, 0.25) is 5.76 Å². The van der Waals surface area contributed by atoms with Gasteiger partial charge < -0.3 is 13.7 Å². The van der Waals surface area contributed by atoms with E-state index in [9.17, 15) is 9.59 Å². The van der Waals surface area contributed by atoms with Crippen molar-refractivity contribution in [2.75, 3.05) is 0 Å². The second kappa shape index (κ2) is 5.95. The Morgan fingerprint density at radius 3 is 2.70 bits per heavy atom. The number of benzene rings is 1. The third kappa shape index (κ3) is 2.38. The Kier molecular flexibility index (Phi) is 3.43. The maximum Gasteiger partial charge on any atom is 0.291 e. The Hall–Kier alpha value is -3.67. The van der Waals surface area contributed by atoms with Crippen LogP contribution in [0.4, 0.5) is 0 Å². The first-order valence-electron chi connectivity index (χ1n) is 8.53. The van der Waals surface area contributed by atoms with Gasteiger partial charge in [-0.15, -0.1) is 0 Å². The van der Waals surface area contributed by atoms with Crippen molar-refractivity contribution in [2.45, 2.75) is 12.6 Å². The van der Waals surface area contributed by atoms with Gasteiger partial charge in [0.1, 0.15) is 11.3 Å². The molecule has 6 heteroatoms. The number of carbonyl (C=O) groups excluding carboxylic acids is 1. The minimum absolute atomic E-state index is 0.0825. The second-order valence-corrected chi connectivity index (χ2v) is 6.37. The molecule has 5 rings (SSSR count). The molecule has 4 heterocycles. The fraction of sp³-hybridized carbons (Fsp3) is 0.0952. The average molecular weight is 358 g/mol. The topological polar surface area (TPSA) is 76.6 Å². The van der Waals surface area contributed by atoms with Crippen molar-refractivity contribution in [2.24, 2.45) is 0 Å². The summed E-state index contributed by atoms with van der Waals surface area (Å²) in [7, 11) is 0. The quantitative estimate of drug-likeness (QED) is 0.560. The second-order valence-electron chi connectivity index (χ2n) is 6.37. The molecular weight excluding hydrogens is 344 g/mol. The highest BCUT2D eigenvalue weighted by atomic mass is 16.3. The molecule has 1 aliphatic rings. The number of furan rings is 1. The number of nitrogens with zero attached hydrogens (tertiary/aromatic N) is 2. The summed E-state index contributed by atoms with van der Waals surface area (Å²) >= 11 is 0. The molecule has 6 nitrogen and oxygen atoms in total. The number of aromatic nitrogens is 1. The van der Waals surface area contributed by atoms with Crippen LogP contribution in [0.3, 0.4) is 0 Å². The summed E-state index contributed by atoms with van der Waals surface area (Å²) in [6.07, 6.45) is 4.87. The molecule has 0 fully saturated rings. The van der Waals surface area contributed by atoms with Gasteiger partial charge >= 0.3 is 0 Å². The van der Waals surface area contributed by atoms with Crippen LogP contribution in [0.1, 0.15) is 33.5 Å². The zero-order valence-electron chi connectivity index (χ0n) is 14.2. The molecule has 0 saturated carbocycles. The molecule has 1 aromatic carbocycles. The average Bonchev–Trinajstić information content (AvgIpc) is 3.31. The van der Waals surface area contributed by atoms with Crippen LogP contribution in [0.15, 0.2) is 80.8 Å². The lowest BCUT2D eigenvalue weighted by atomic mass is 10.00. The van der Waals surface area contributed by atoms with E-state index in [0.29, 0.717) is 22.3 Å². The normalized spacial score (nSPS) is 16.1. The van der Waals surface area contributed by atoms with Gasteiger partial charge in [-0.05, 0) is 35.9 Å². The predicted molar refractivity (Wildman–Crippen MR) is 97.1 cm³/mol. The standard InChI is InChI=1S/C21H14N2O4/c24-19-15-7-1-2-8-16(15)27-20-17(19)18(13-5-3-9-22-11-13)23(21(20)25)12-14-6-4-10-26-14/h1-11,18H,12H2/t18-/m0/s1. The van der Waals surface area contributed by atoms with Gasteiger partial charge in [0.05, 0.1) is 29.8 Å². The van der Waals surface area contributed by atoms with E-state index in [1.54, 1.807) is 66.0 Å². The zero-order valence-corrected chi connectivity index (χ0v) is 14.2. The van der Waals surface area contributed by atoms with Crippen molar-refractivity contribution in [3.8, 4) is 0 Å². The highest BCUT2D eigenvalue weighted by molar-refractivity contribution is 5.99. The molecule has 4 aromatic rings. The van der Waals surface area contributed by atoms with Gasteiger partial charge in [0.25, 0.3) is 5.91 Å². The van der Waals surface area contributed by atoms with Crippen molar-refractivity contribution in [3.63, 3.8) is 0 Å². The van der Waals surface area contributed by atoms with Crippen molar-refractivity contribution in [1.82, 2.24) is 9.88 Å². The van der Waals surface area contributed by atoms with Crippen LogP contribution in [0, 0.1) is 0 Å². The number of fused-ring (bicyclic) bond motifs is 2. The Bertz CT molecular complexity index is 1200. The lowest BCUT2D eigenvalue weighted by Crippen LogP contribution is -2.29. The maximum absolute atomic E-state index is 13.2. The van der Waals surface area contributed by atoms with Gasteiger partial charge in [0, 0.05) is 12.4 Å². The Labute approximate surface area is 153 Å². The Morgan fingerprint density at radius 2 is 1.93 bits per heavy atom. The molecule has 1 amide bonds. The Balaban J connectivity index is 1.75. The van der Waals surface area contributed by atoms with E-state index >= 15 is 0 Å². The smallest absolute Gasteiger partial charge is 0.291 e. The zero-order chi connectivity index (χ0) is 18.4. The molecule has 132 valence electrons. The van der Waals surface area contributed by atoms with E-state index in [4.69, 9.17) is 8.83 Å². The molecular formula is C21H14N2O4. The molecule has 0 N–H and O–H groups in total. The SMILES string of the molecule is O=C1c2oc3ccccc3c(=O)c2[C@H](c2cccnc2)N1Cc1ccco1. The summed E-state index contributed by atoms with van der Waals surface area (Å²) in [5.74, 6) is 0.374. The van der Waals surface area contributed by atoms with Crippen molar-refractivity contribution < 1.29 is 13.6 Å². The van der Waals surface area contributed by atoms with Crippen LogP contribution in [0.25, 0.3) is 11.0 Å². The summed E-state index contributed by atoms with van der Waals surface area (Å²) in [5, 5.41) is 0.456. The number of hydrogen-bond donors (Lipinski definition) is 0. The number of pyridine rings is 1. The minimum atomic E-state index is -0.577. The summed E-state index contributed by atoms with van der Waals surface area (Å²) in [5.41, 5.74) is 1.30. The molecule has 0 spiro atoms. The van der Waals surface area contributed by atoms with Crippen LogP contribution in [0.5, 0.6) is 0 Å². The van der Waals surface area contributed by atoms with Crippen LogP contribution >= 0.6 is 0 Å². The number of para-hydroxylation sites is 1. The van der Waals surface area contributed by atoms with Crippen LogP contribution < -0.4 is 5.43 Å². The van der Waals surface area contributed by atoms with E-state index in [1.165, 1.54) is 0 Å². The third-order valence-electron chi connectivity index (χ3n) is 4.78.